The molecule has 2 N–H and O–H groups in total. The summed E-state index contributed by atoms with van der Waals surface area (Å²) < 4.78 is 26.7. The van der Waals surface area contributed by atoms with Crippen LogP contribution < -0.4 is 10.6 Å². The number of rotatable bonds is 2. The van der Waals surface area contributed by atoms with Gasteiger partial charge in [0.1, 0.15) is 11.6 Å². The van der Waals surface area contributed by atoms with E-state index in [1.807, 2.05) is 4.90 Å². The van der Waals surface area contributed by atoms with E-state index in [2.05, 4.69) is 13.8 Å². The standard InChI is InChI=1S/C14H20F2N2/c1-9(2)10-5-12(17)8-18(7-10)14-4-3-11(15)6-13(14)16/h3-4,6,9-10,12H,5,7-8,17H2,1-2H3. The molecule has 100 valence electrons. The highest BCUT2D eigenvalue weighted by molar-refractivity contribution is 5.48. The summed E-state index contributed by atoms with van der Waals surface area (Å²) in [6.07, 6.45) is 0.969. The molecule has 0 aliphatic carbocycles. The SMILES string of the molecule is CC(C)C1CC(N)CN(c2ccc(F)cc2F)C1. The van der Waals surface area contributed by atoms with E-state index in [-0.39, 0.29) is 6.04 Å². The Bertz CT molecular complexity index is 420. The van der Waals surface area contributed by atoms with Gasteiger partial charge in [0, 0.05) is 25.2 Å². The van der Waals surface area contributed by atoms with Crippen molar-refractivity contribution in [1.82, 2.24) is 0 Å². The molecule has 0 aromatic heterocycles. The minimum absolute atomic E-state index is 0.0515. The molecule has 0 radical (unpaired) electrons. The van der Waals surface area contributed by atoms with Gasteiger partial charge in [-0.3, -0.25) is 0 Å². The summed E-state index contributed by atoms with van der Waals surface area (Å²) in [6.45, 7) is 5.73. The Kier molecular flexibility index (Phi) is 3.85. The van der Waals surface area contributed by atoms with Crippen LogP contribution in [0.25, 0.3) is 0 Å². The van der Waals surface area contributed by atoms with Crippen LogP contribution in [0.3, 0.4) is 0 Å². The maximum atomic E-state index is 13.8. The molecule has 2 nitrogen and oxygen atoms in total. The van der Waals surface area contributed by atoms with Gasteiger partial charge in [-0.1, -0.05) is 13.8 Å². The molecule has 0 saturated carbocycles. The van der Waals surface area contributed by atoms with E-state index in [0.717, 1.165) is 19.0 Å². The molecular formula is C14H20F2N2. The molecule has 0 amide bonds. The molecule has 2 atom stereocenters. The van der Waals surface area contributed by atoms with Crippen molar-refractivity contribution in [2.24, 2.45) is 17.6 Å². The first-order valence-corrected chi connectivity index (χ1v) is 6.43. The zero-order chi connectivity index (χ0) is 13.3. The lowest BCUT2D eigenvalue weighted by Gasteiger charge is -2.39. The third kappa shape index (κ3) is 2.80. The quantitative estimate of drug-likeness (QED) is 0.879. The number of nitrogens with zero attached hydrogens (tertiary/aromatic N) is 1. The Morgan fingerprint density at radius 2 is 2.00 bits per heavy atom. The molecule has 1 aromatic rings. The van der Waals surface area contributed by atoms with Crippen molar-refractivity contribution in [3.63, 3.8) is 0 Å². The Balaban J connectivity index is 2.21. The topological polar surface area (TPSA) is 29.3 Å². The lowest BCUT2D eigenvalue weighted by Crippen LogP contribution is -2.48. The van der Waals surface area contributed by atoms with Gasteiger partial charge in [-0.2, -0.15) is 0 Å². The first kappa shape index (κ1) is 13.3. The minimum Gasteiger partial charge on any atom is -0.367 e. The van der Waals surface area contributed by atoms with Crippen molar-refractivity contribution in [3.8, 4) is 0 Å². The summed E-state index contributed by atoms with van der Waals surface area (Å²) in [5.74, 6) is -0.0786. The third-order valence-electron chi connectivity index (χ3n) is 3.71. The van der Waals surface area contributed by atoms with Gasteiger partial charge < -0.3 is 10.6 Å². The van der Waals surface area contributed by atoms with Gasteiger partial charge in [0.15, 0.2) is 0 Å². The van der Waals surface area contributed by atoms with Crippen LogP contribution in [0, 0.1) is 23.5 Å². The van der Waals surface area contributed by atoms with Crippen LogP contribution in [-0.2, 0) is 0 Å². The van der Waals surface area contributed by atoms with Crippen LogP contribution in [0.1, 0.15) is 20.3 Å². The average Bonchev–Trinajstić information content (AvgIpc) is 2.27. The number of piperidine rings is 1. The maximum absolute atomic E-state index is 13.8. The molecule has 0 spiro atoms. The summed E-state index contributed by atoms with van der Waals surface area (Å²) in [4.78, 5) is 1.94. The molecule has 1 aliphatic heterocycles. The van der Waals surface area contributed by atoms with E-state index in [9.17, 15) is 8.78 Å². The van der Waals surface area contributed by atoms with Crippen molar-refractivity contribution in [1.29, 1.82) is 0 Å². The molecule has 1 aliphatic rings. The second kappa shape index (κ2) is 5.22. The Hall–Kier alpha value is -1.16. The minimum atomic E-state index is -0.544. The van der Waals surface area contributed by atoms with E-state index in [0.29, 0.717) is 24.1 Å². The highest BCUT2D eigenvalue weighted by Crippen LogP contribution is 2.28. The lowest BCUT2D eigenvalue weighted by atomic mass is 9.85. The van der Waals surface area contributed by atoms with Crippen molar-refractivity contribution in [3.05, 3.63) is 29.8 Å². The predicted octanol–water partition coefficient (Wildman–Crippen LogP) is 2.77. The van der Waals surface area contributed by atoms with Crippen LogP contribution in [0.4, 0.5) is 14.5 Å². The van der Waals surface area contributed by atoms with Crippen LogP contribution in [-0.4, -0.2) is 19.1 Å². The van der Waals surface area contributed by atoms with Crippen molar-refractivity contribution < 1.29 is 8.78 Å². The fourth-order valence-corrected chi connectivity index (χ4v) is 2.60. The molecular weight excluding hydrogens is 234 g/mol. The molecule has 1 heterocycles. The number of benzene rings is 1. The van der Waals surface area contributed by atoms with Gasteiger partial charge in [0.25, 0.3) is 0 Å². The zero-order valence-electron chi connectivity index (χ0n) is 10.9. The van der Waals surface area contributed by atoms with Gasteiger partial charge in [0.05, 0.1) is 5.69 Å². The van der Waals surface area contributed by atoms with E-state index in [4.69, 9.17) is 5.73 Å². The second-order valence-electron chi connectivity index (χ2n) is 5.50. The summed E-state index contributed by atoms with van der Waals surface area (Å²) in [7, 11) is 0. The fraction of sp³-hybridized carbons (Fsp3) is 0.571. The number of halogens is 2. The summed E-state index contributed by atoms with van der Waals surface area (Å²) in [5, 5.41) is 0. The van der Waals surface area contributed by atoms with Crippen LogP contribution in [0.5, 0.6) is 0 Å². The fourth-order valence-electron chi connectivity index (χ4n) is 2.60. The first-order chi connectivity index (χ1) is 8.47. The zero-order valence-corrected chi connectivity index (χ0v) is 10.9. The van der Waals surface area contributed by atoms with Crippen molar-refractivity contribution >= 4 is 5.69 Å². The lowest BCUT2D eigenvalue weighted by molar-refractivity contribution is 0.297. The van der Waals surface area contributed by atoms with Gasteiger partial charge in [-0.25, -0.2) is 8.78 Å². The van der Waals surface area contributed by atoms with Gasteiger partial charge in [0.2, 0.25) is 0 Å². The predicted molar refractivity (Wildman–Crippen MR) is 69.5 cm³/mol. The van der Waals surface area contributed by atoms with Gasteiger partial charge in [-0.05, 0) is 30.4 Å². The maximum Gasteiger partial charge on any atom is 0.149 e. The highest BCUT2D eigenvalue weighted by Gasteiger charge is 2.28. The average molecular weight is 254 g/mol. The molecule has 1 aromatic carbocycles. The number of nitrogens with two attached hydrogens (primary N) is 1. The molecule has 1 fully saturated rings. The van der Waals surface area contributed by atoms with Gasteiger partial charge in [-0.15, -0.1) is 0 Å². The molecule has 0 bridgehead atoms. The Morgan fingerprint density at radius 1 is 1.28 bits per heavy atom. The normalized spacial score (nSPS) is 24.7. The number of anilines is 1. The first-order valence-electron chi connectivity index (χ1n) is 6.43. The highest BCUT2D eigenvalue weighted by atomic mass is 19.1. The number of hydrogen-bond donors (Lipinski definition) is 1. The second-order valence-corrected chi connectivity index (χ2v) is 5.50. The molecule has 2 rings (SSSR count). The number of hydrogen-bond acceptors (Lipinski definition) is 2. The van der Waals surface area contributed by atoms with E-state index in [1.165, 1.54) is 12.1 Å². The van der Waals surface area contributed by atoms with E-state index >= 15 is 0 Å². The largest absolute Gasteiger partial charge is 0.367 e. The van der Waals surface area contributed by atoms with Crippen LogP contribution in [0.15, 0.2) is 18.2 Å². The smallest absolute Gasteiger partial charge is 0.149 e. The van der Waals surface area contributed by atoms with Crippen LogP contribution >= 0.6 is 0 Å². The molecule has 2 unspecified atom stereocenters. The Morgan fingerprint density at radius 3 is 2.61 bits per heavy atom. The van der Waals surface area contributed by atoms with Crippen LogP contribution in [0.2, 0.25) is 0 Å². The van der Waals surface area contributed by atoms with Gasteiger partial charge >= 0.3 is 0 Å². The molecule has 1 saturated heterocycles. The van der Waals surface area contributed by atoms with Crippen molar-refractivity contribution in [2.45, 2.75) is 26.3 Å². The third-order valence-corrected chi connectivity index (χ3v) is 3.71. The summed E-state index contributed by atoms with van der Waals surface area (Å²) in [6, 6.07) is 3.78. The Labute approximate surface area is 107 Å². The monoisotopic (exact) mass is 254 g/mol. The van der Waals surface area contributed by atoms with E-state index < -0.39 is 11.6 Å². The van der Waals surface area contributed by atoms with E-state index in [1.54, 1.807) is 0 Å². The molecule has 4 heteroatoms. The molecule has 18 heavy (non-hydrogen) atoms. The summed E-state index contributed by atoms with van der Waals surface area (Å²) in [5.41, 5.74) is 6.49. The van der Waals surface area contributed by atoms with Crippen molar-refractivity contribution in [2.75, 3.05) is 18.0 Å². The summed E-state index contributed by atoms with van der Waals surface area (Å²) >= 11 is 0.